The molecule has 2 aliphatic rings. The van der Waals surface area contributed by atoms with Gasteiger partial charge in [-0.15, -0.1) is 0 Å². The Morgan fingerprint density at radius 3 is 2.65 bits per heavy atom. The van der Waals surface area contributed by atoms with Crippen LogP contribution in [0, 0.1) is 28.1 Å². The van der Waals surface area contributed by atoms with Gasteiger partial charge in [-0.2, -0.15) is 5.26 Å². The number of rotatable bonds is 2. The van der Waals surface area contributed by atoms with E-state index in [1.165, 1.54) is 6.42 Å². The summed E-state index contributed by atoms with van der Waals surface area (Å²) in [5.41, 5.74) is 6.27. The SMILES string of the molecule is CC1(C)C(=N[C@@H](C#N)C(N)=O)[C@]2(C)CC[C@H]1C2. The van der Waals surface area contributed by atoms with Crippen molar-refractivity contribution < 1.29 is 4.79 Å². The van der Waals surface area contributed by atoms with E-state index in [-0.39, 0.29) is 10.8 Å². The van der Waals surface area contributed by atoms with Crippen molar-refractivity contribution in [1.82, 2.24) is 0 Å². The number of amides is 1. The highest BCUT2D eigenvalue weighted by molar-refractivity contribution is 6.00. The van der Waals surface area contributed by atoms with Gasteiger partial charge in [-0.25, -0.2) is 0 Å². The molecule has 4 heteroatoms. The quantitative estimate of drug-likeness (QED) is 0.787. The van der Waals surface area contributed by atoms with Gasteiger partial charge in [0.1, 0.15) is 0 Å². The van der Waals surface area contributed by atoms with Crippen molar-refractivity contribution in [1.29, 1.82) is 5.26 Å². The number of aliphatic imine (C=N–C) groups is 1. The van der Waals surface area contributed by atoms with E-state index in [0.717, 1.165) is 18.6 Å². The number of fused-ring (bicyclic) bond motifs is 2. The third kappa shape index (κ3) is 1.65. The third-order valence-corrected chi connectivity index (χ3v) is 4.59. The number of hydrogen-bond donors (Lipinski definition) is 1. The molecule has 0 aromatic heterocycles. The fraction of sp³-hybridized carbons (Fsp3) is 0.769. The summed E-state index contributed by atoms with van der Waals surface area (Å²) in [5.74, 6) is -0.0272. The molecule has 2 N–H and O–H groups in total. The Morgan fingerprint density at radius 1 is 1.59 bits per heavy atom. The molecule has 2 fully saturated rings. The Labute approximate surface area is 102 Å². The standard InChI is InChI=1S/C13H19N3O/c1-12(2)8-4-5-13(3,6-8)11(12)16-9(7-14)10(15)17/h8-9H,4-6H2,1-3H3,(H2,15,17)/t8-,9-,13+/m0/s1. The van der Waals surface area contributed by atoms with Gasteiger partial charge in [-0.3, -0.25) is 9.79 Å². The number of hydrogen-bond acceptors (Lipinski definition) is 3. The highest BCUT2D eigenvalue weighted by atomic mass is 16.1. The normalized spacial score (nSPS) is 38.0. The topological polar surface area (TPSA) is 79.2 Å². The van der Waals surface area contributed by atoms with Crippen LogP contribution in [0.1, 0.15) is 40.0 Å². The summed E-state index contributed by atoms with van der Waals surface area (Å²) in [6, 6.07) is 0.853. The van der Waals surface area contributed by atoms with Crippen molar-refractivity contribution in [2.45, 2.75) is 46.1 Å². The molecule has 2 rings (SSSR count). The lowest BCUT2D eigenvalue weighted by molar-refractivity contribution is -0.118. The number of primary amides is 1. The zero-order valence-corrected chi connectivity index (χ0v) is 10.7. The van der Waals surface area contributed by atoms with Gasteiger partial charge in [0.05, 0.1) is 6.07 Å². The number of nitrogens with two attached hydrogens (primary N) is 1. The predicted molar refractivity (Wildman–Crippen MR) is 65.3 cm³/mol. The van der Waals surface area contributed by atoms with Crippen molar-refractivity contribution in [3.8, 4) is 6.07 Å². The van der Waals surface area contributed by atoms with Crippen LogP contribution in [0.4, 0.5) is 0 Å². The Hall–Kier alpha value is -1.37. The Kier molecular flexibility index (Phi) is 2.53. The molecule has 92 valence electrons. The van der Waals surface area contributed by atoms with Crippen LogP contribution < -0.4 is 5.73 Å². The fourth-order valence-electron chi connectivity index (χ4n) is 3.65. The fourth-order valence-corrected chi connectivity index (χ4v) is 3.65. The van der Waals surface area contributed by atoms with Crippen LogP contribution in [0.15, 0.2) is 4.99 Å². The Morgan fingerprint density at radius 2 is 2.24 bits per heavy atom. The molecule has 3 atom stereocenters. The number of nitrogens with zero attached hydrogens (tertiary/aromatic N) is 2. The second-order valence-electron chi connectivity index (χ2n) is 6.13. The van der Waals surface area contributed by atoms with Gasteiger partial charge in [0.15, 0.2) is 0 Å². The second-order valence-corrected chi connectivity index (χ2v) is 6.13. The van der Waals surface area contributed by atoms with Gasteiger partial charge in [0.2, 0.25) is 6.04 Å². The van der Waals surface area contributed by atoms with Gasteiger partial charge >= 0.3 is 0 Å². The Balaban J connectivity index is 2.41. The number of carbonyl (C=O) groups is 1. The lowest BCUT2D eigenvalue weighted by Gasteiger charge is -2.35. The van der Waals surface area contributed by atoms with Crippen LogP contribution in [0.25, 0.3) is 0 Å². The van der Waals surface area contributed by atoms with E-state index >= 15 is 0 Å². The summed E-state index contributed by atoms with van der Waals surface area (Å²) in [5, 5.41) is 8.92. The molecule has 2 bridgehead atoms. The van der Waals surface area contributed by atoms with E-state index in [1.807, 2.05) is 6.07 Å². The lowest BCUT2D eigenvalue weighted by atomic mass is 9.71. The van der Waals surface area contributed by atoms with Gasteiger partial charge in [0.25, 0.3) is 5.91 Å². The minimum absolute atomic E-state index is 0.00243. The third-order valence-electron chi connectivity index (χ3n) is 4.59. The molecular formula is C13H19N3O. The molecule has 17 heavy (non-hydrogen) atoms. The maximum atomic E-state index is 11.1. The van der Waals surface area contributed by atoms with Crippen LogP contribution in [0.3, 0.4) is 0 Å². The van der Waals surface area contributed by atoms with Crippen molar-refractivity contribution in [2.24, 2.45) is 27.5 Å². The number of carbonyl (C=O) groups excluding carboxylic acids is 1. The first-order valence-corrected chi connectivity index (χ1v) is 6.09. The average molecular weight is 233 g/mol. The molecule has 2 saturated carbocycles. The van der Waals surface area contributed by atoms with Crippen LogP contribution >= 0.6 is 0 Å². The molecule has 2 aliphatic carbocycles. The van der Waals surface area contributed by atoms with Gasteiger partial charge < -0.3 is 5.73 Å². The van der Waals surface area contributed by atoms with E-state index in [1.54, 1.807) is 0 Å². The van der Waals surface area contributed by atoms with Gasteiger partial charge in [-0.05, 0) is 25.2 Å². The van der Waals surface area contributed by atoms with Crippen molar-refractivity contribution >= 4 is 11.6 Å². The first kappa shape index (κ1) is 12.1. The maximum Gasteiger partial charge on any atom is 0.256 e. The van der Waals surface area contributed by atoms with Gasteiger partial charge in [-0.1, -0.05) is 20.8 Å². The molecule has 0 saturated heterocycles. The van der Waals surface area contributed by atoms with E-state index in [9.17, 15) is 4.79 Å². The summed E-state index contributed by atoms with van der Waals surface area (Å²) < 4.78 is 0. The molecule has 1 amide bonds. The molecule has 0 aromatic rings. The average Bonchev–Trinajstić information content (AvgIpc) is 2.68. The van der Waals surface area contributed by atoms with Crippen LogP contribution in [0.2, 0.25) is 0 Å². The minimum Gasteiger partial charge on any atom is -0.367 e. The molecule has 4 nitrogen and oxygen atoms in total. The van der Waals surface area contributed by atoms with Crippen molar-refractivity contribution in [3.05, 3.63) is 0 Å². The first-order chi connectivity index (χ1) is 7.81. The van der Waals surface area contributed by atoms with Crippen molar-refractivity contribution in [3.63, 3.8) is 0 Å². The summed E-state index contributed by atoms with van der Waals surface area (Å²) in [6.07, 6.45) is 3.45. The van der Waals surface area contributed by atoms with Crippen molar-refractivity contribution in [2.75, 3.05) is 0 Å². The summed E-state index contributed by atoms with van der Waals surface area (Å²) >= 11 is 0. The zero-order valence-electron chi connectivity index (χ0n) is 10.7. The largest absolute Gasteiger partial charge is 0.367 e. The minimum atomic E-state index is -1.03. The summed E-state index contributed by atoms with van der Waals surface area (Å²) in [4.78, 5) is 15.5. The molecule has 0 aliphatic heterocycles. The number of nitriles is 1. The molecule has 0 heterocycles. The predicted octanol–water partition coefficient (Wildman–Crippen LogP) is 1.65. The first-order valence-electron chi connectivity index (χ1n) is 6.09. The molecule has 0 unspecified atom stereocenters. The highest BCUT2D eigenvalue weighted by Gasteiger charge is 2.57. The van der Waals surface area contributed by atoms with Crippen LogP contribution in [-0.2, 0) is 4.79 Å². The highest BCUT2D eigenvalue weighted by Crippen LogP contribution is 2.60. The van der Waals surface area contributed by atoms with Crippen LogP contribution in [-0.4, -0.2) is 17.7 Å². The van der Waals surface area contributed by atoms with E-state index in [4.69, 9.17) is 11.0 Å². The smallest absolute Gasteiger partial charge is 0.256 e. The Bertz CT molecular complexity index is 426. The summed E-state index contributed by atoms with van der Waals surface area (Å²) in [6.45, 7) is 6.52. The lowest BCUT2D eigenvalue weighted by Crippen LogP contribution is -2.38. The molecule has 0 spiro atoms. The van der Waals surface area contributed by atoms with E-state index < -0.39 is 11.9 Å². The second kappa shape index (κ2) is 3.56. The molecule has 0 radical (unpaired) electrons. The van der Waals surface area contributed by atoms with Crippen LogP contribution in [0.5, 0.6) is 0 Å². The van der Waals surface area contributed by atoms with E-state index in [0.29, 0.717) is 5.92 Å². The monoisotopic (exact) mass is 233 g/mol. The molecule has 0 aromatic carbocycles. The maximum absolute atomic E-state index is 11.1. The summed E-state index contributed by atoms with van der Waals surface area (Å²) in [7, 11) is 0. The van der Waals surface area contributed by atoms with Gasteiger partial charge in [0, 0.05) is 16.5 Å². The molecular weight excluding hydrogens is 214 g/mol. The zero-order chi connectivity index (χ0) is 12.8. The van der Waals surface area contributed by atoms with E-state index in [2.05, 4.69) is 25.8 Å².